The first-order valence-corrected chi connectivity index (χ1v) is 8.45. The van der Waals surface area contributed by atoms with E-state index in [0.29, 0.717) is 21.8 Å². The summed E-state index contributed by atoms with van der Waals surface area (Å²) in [5, 5.41) is 17.2. The summed E-state index contributed by atoms with van der Waals surface area (Å²) in [6, 6.07) is 20.1. The van der Waals surface area contributed by atoms with Crippen molar-refractivity contribution in [3.05, 3.63) is 98.3 Å². The first-order chi connectivity index (χ1) is 13.0. The summed E-state index contributed by atoms with van der Waals surface area (Å²) in [4.78, 5) is 23.3. The Morgan fingerprint density at radius 3 is 2.15 bits per heavy atom. The molecule has 3 aromatic carbocycles. The monoisotopic (exact) mass is 377 g/mol. The highest BCUT2D eigenvalue weighted by Crippen LogP contribution is 2.26. The second-order valence-corrected chi connectivity index (χ2v) is 6.33. The molecule has 0 atom stereocenters. The fourth-order valence-corrected chi connectivity index (χ4v) is 3.03. The van der Waals surface area contributed by atoms with Crippen LogP contribution in [0.3, 0.4) is 0 Å². The third kappa shape index (κ3) is 3.07. The van der Waals surface area contributed by atoms with E-state index in [1.807, 2.05) is 24.3 Å². The molecular weight excluding hydrogens is 366 g/mol. The van der Waals surface area contributed by atoms with Crippen LogP contribution in [0.15, 0.2) is 77.6 Å². The van der Waals surface area contributed by atoms with E-state index >= 15 is 0 Å². The number of aromatic nitrogens is 2. The summed E-state index contributed by atoms with van der Waals surface area (Å²) in [5.41, 5.74) is 1.54. The SMILES string of the molecule is O=c1c2ccccc2c(-c2ccc(Cl)cc2)nn1-c1ccc([N+](=O)[O-])cc1. The molecule has 0 radical (unpaired) electrons. The van der Waals surface area contributed by atoms with Crippen LogP contribution in [0.2, 0.25) is 5.02 Å². The summed E-state index contributed by atoms with van der Waals surface area (Å²) in [7, 11) is 0. The molecule has 27 heavy (non-hydrogen) atoms. The molecule has 0 bridgehead atoms. The van der Waals surface area contributed by atoms with E-state index < -0.39 is 4.92 Å². The van der Waals surface area contributed by atoms with E-state index in [0.717, 1.165) is 10.9 Å². The van der Waals surface area contributed by atoms with Gasteiger partial charge < -0.3 is 0 Å². The van der Waals surface area contributed by atoms with Crippen LogP contribution in [0.5, 0.6) is 0 Å². The van der Waals surface area contributed by atoms with Gasteiger partial charge in [-0.05, 0) is 30.3 Å². The molecule has 0 amide bonds. The van der Waals surface area contributed by atoms with Gasteiger partial charge in [0.25, 0.3) is 11.2 Å². The normalized spacial score (nSPS) is 10.9. The number of non-ortho nitro benzene ring substituents is 1. The van der Waals surface area contributed by atoms with E-state index in [-0.39, 0.29) is 11.2 Å². The van der Waals surface area contributed by atoms with Gasteiger partial charge in [0.05, 0.1) is 21.7 Å². The van der Waals surface area contributed by atoms with Gasteiger partial charge >= 0.3 is 0 Å². The largest absolute Gasteiger partial charge is 0.279 e. The summed E-state index contributed by atoms with van der Waals surface area (Å²) in [6.07, 6.45) is 0. The van der Waals surface area contributed by atoms with Crippen LogP contribution in [0.4, 0.5) is 5.69 Å². The van der Waals surface area contributed by atoms with Crippen LogP contribution in [0, 0.1) is 10.1 Å². The Hall–Kier alpha value is -3.51. The Morgan fingerprint density at radius 2 is 1.52 bits per heavy atom. The van der Waals surface area contributed by atoms with Crippen LogP contribution in [-0.4, -0.2) is 14.7 Å². The standard InChI is InChI=1S/C20H12ClN3O3/c21-14-7-5-13(6-8-14)19-17-3-1-2-4-18(17)20(25)23(22-19)15-9-11-16(12-10-15)24(26)27/h1-12H. The quantitative estimate of drug-likeness (QED) is 0.385. The molecule has 0 aliphatic rings. The molecular formula is C20H12ClN3O3. The molecule has 4 aromatic rings. The van der Waals surface area contributed by atoms with E-state index in [2.05, 4.69) is 5.10 Å². The second-order valence-electron chi connectivity index (χ2n) is 5.89. The van der Waals surface area contributed by atoms with Crippen molar-refractivity contribution in [3.63, 3.8) is 0 Å². The van der Waals surface area contributed by atoms with Gasteiger partial charge in [-0.1, -0.05) is 41.9 Å². The first kappa shape index (κ1) is 16.9. The maximum absolute atomic E-state index is 12.9. The molecule has 132 valence electrons. The molecule has 1 heterocycles. The highest BCUT2D eigenvalue weighted by molar-refractivity contribution is 6.30. The molecule has 7 heteroatoms. The van der Waals surface area contributed by atoms with Gasteiger partial charge in [-0.2, -0.15) is 9.78 Å². The van der Waals surface area contributed by atoms with Crippen LogP contribution in [-0.2, 0) is 0 Å². The third-order valence-electron chi connectivity index (χ3n) is 4.23. The highest BCUT2D eigenvalue weighted by atomic mass is 35.5. The predicted octanol–water partition coefficient (Wildman–Crippen LogP) is 4.61. The van der Waals surface area contributed by atoms with Crippen molar-refractivity contribution in [1.29, 1.82) is 0 Å². The lowest BCUT2D eigenvalue weighted by Crippen LogP contribution is -2.22. The zero-order chi connectivity index (χ0) is 19.0. The maximum atomic E-state index is 12.9. The van der Waals surface area contributed by atoms with Crippen molar-refractivity contribution in [1.82, 2.24) is 9.78 Å². The van der Waals surface area contributed by atoms with E-state index in [1.54, 1.807) is 24.3 Å². The van der Waals surface area contributed by atoms with Gasteiger partial charge in [-0.25, -0.2) is 0 Å². The summed E-state index contributed by atoms with van der Waals surface area (Å²) >= 11 is 5.98. The van der Waals surface area contributed by atoms with Crippen molar-refractivity contribution in [2.24, 2.45) is 0 Å². The molecule has 0 aliphatic heterocycles. The van der Waals surface area contributed by atoms with Crippen LogP contribution in [0.25, 0.3) is 27.7 Å². The fraction of sp³-hybridized carbons (Fsp3) is 0. The lowest BCUT2D eigenvalue weighted by Gasteiger charge is -2.11. The Kier molecular flexibility index (Phi) is 4.18. The molecule has 0 spiro atoms. The molecule has 0 saturated heterocycles. The second kappa shape index (κ2) is 6.66. The van der Waals surface area contributed by atoms with E-state index in [4.69, 9.17) is 11.6 Å². The van der Waals surface area contributed by atoms with Crippen molar-refractivity contribution >= 4 is 28.1 Å². The van der Waals surface area contributed by atoms with Crippen LogP contribution in [0.1, 0.15) is 0 Å². The van der Waals surface area contributed by atoms with Gasteiger partial charge in [0.1, 0.15) is 0 Å². The zero-order valence-electron chi connectivity index (χ0n) is 13.9. The molecule has 4 rings (SSSR count). The number of nitro groups is 1. The van der Waals surface area contributed by atoms with Gasteiger partial charge in [-0.15, -0.1) is 0 Å². The molecule has 6 nitrogen and oxygen atoms in total. The minimum absolute atomic E-state index is 0.0505. The van der Waals surface area contributed by atoms with Crippen LogP contribution >= 0.6 is 11.6 Å². The number of fused-ring (bicyclic) bond motifs is 1. The van der Waals surface area contributed by atoms with Crippen LogP contribution < -0.4 is 5.56 Å². The summed E-state index contributed by atoms with van der Waals surface area (Å²) in [5.74, 6) is 0. The minimum atomic E-state index is -0.487. The number of nitrogens with zero attached hydrogens (tertiary/aromatic N) is 3. The number of hydrogen-bond acceptors (Lipinski definition) is 4. The summed E-state index contributed by atoms with van der Waals surface area (Å²) < 4.78 is 1.26. The predicted molar refractivity (Wildman–Crippen MR) is 104 cm³/mol. The average molecular weight is 378 g/mol. The number of halogens is 1. The average Bonchev–Trinajstić information content (AvgIpc) is 2.69. The van der Waals surface area contributed by atoms with Crippen molar-refractivity contribution in [3.8, 4) is 16.9 Å². The third-order valence-corrected chi connectivity index (χ3v) is 4.48. The lowest BCUT2D eigenvalue weighted by atomic mass is 10.1. The van der Waals surface area contributed by atoms with Gasteiger partial charge in [-0.3, -0.25) is 14.9 Å². The Morgan fingerprint density at radius 1 is 0.889 bits per heavy atom. The Balaban J connectivity index is 1.99. The van der Waals surface area contributed by atoms with Gasteiger partial charge in [0.2, 0.25) is 0 Å². The number of nitro benzene ring substituents is 1. The zero-order valence-corrected chi connectivity index (χ0v) is 14.6. The lowest BCUT2D eigenvalue weighted by molar-refractivity contribution is -0.384. The number of hydrogen-bond donors (Lipinski definition) is 0. The van der Waals surface area contributed by atoms with Crippen molar-refractivity contribution in [2.75, 3.05) is 0 Å². The molecule has 0 unspecified atom stereocenters. The minimum Gasteiger partial charge on any atom is -0.267 e. The van der Waals surface area contributed by atoms with Gasteiger partial charge in [0.15, 0.2) is 0 Å². The van der Waals surface area contributed by atoms with Crippen molar-refractivity contribution < 1.29 is 4.92 Å². The van der Waals surface area contributed by atoms with E-state index in [1.165, 1.54) is 28.9 Å². The maximum Gasteiger partial charge on any atom is 0.279 e. The topological polar surface area (TPSA) is 78.0 Å². The Bertz CT molecular complexity index is 1220. The molecule has 0 saturated carbocycles. The number of rotatable bonds is 3. The smallest absolute Gasteiger partial charge is 0.267 e. The molecule has 1 aromatic heterocycles. The molecule has 0 fully saturated rings. The molecule has 0 N–H and O–H groups in total. The highest BCUT2D eigenvalue weighted by Gasteiger charge is 2.14. The summed E-state index contributed by atoms with van der Waals surface area (Å²) in [6.45, 7) is 0. The number of benzene rings is 3. The van der Waals surface area contributed by atoms with Crippen molar-refractivity contribution in [2.45, 2.75) is 0 Å². The Labute approximate surface area is 158 Å². The first-order valence-electron chi connectivity index (χ1n) is 8.07. The van der Waals surface area contributed by atoms with E-state index in [9.17, 15) is 14.9 Å². The fourth-order valence-electron chi connectivity index (χ4n) is 2.90. The van der Waals surface area contributed by atoms with Gasteiger partial charge in [0, 0.05) is 28.1 Å². The molecule has 0 aliphatic carbocycles.